The van der Waals surface area contributed by atoms with Gasteiger partial charge in [-0.1, -0.05) is 6.92 Å². The van der Waals surface area contributed by atoms with E-state index in [0.29, 0.717) is 0 Å². The van der Waals surface area contributed by atoms with Crippen molar-refractivity contribution in [2.45, 2.75) is 25.7 Å². The van der Waals surface area contributed by atoms with Crippen molar-refractivity contribution in [1.29, 1.82) is 0 Å². The summed E-state index contributed by atoms with van der Waals surface area (Å²) in [5.41, 5.74) is 0. The fraction of sp³-hybridized carbons (Fsp3) is 0.857. The number of esters is 1. The molecule has 2 atom stereocenters. The third-order valence-corrected chi connectivity index (χ3v) is 1.58. The molecule has 0 saturated carbocycles. The lowest BCUT2D eigenvalue weighted by molar-refractivity contribution is -0.177. The maximum atomic E-state index is 12.6. The predicted octanol–water partition coefficient (Wildman–Crippen LogP) is 2.09. The van der Waals surface area contributed by atoms with E-state index in [9.17, 15) is 22.4 Å². The Labute approximate surface area is 72.9 Å². The summed E-state index contributed by atoms with van der Waals surface area (Å²) in [6.45, 7) is 0.815. The van der Waals surface area contributed by atoms with Crippen molar-refractivity contribution >= 4 is 5.97 Å². The molecule has 0 amide bonds. The highest BCUT2D eigenvalue weighted by Gasteiger charge is 2.38. The number of alkyl halides is 4. The molecular formula is C7H10F4O2. The monoisotopic (exact) mass is 202 g/mol. The van der Waals surface area contributed by atoms with Crippen LogP contribution in [0.5, 0.6) is 0 Å². The van der Waals surface area contributed by atoms with Crippen LogP contribution in [0.15, 0.2) is 0 Å². The SMILES string of the molecule is COC(=O)C(F)CC(C)C(F)(F)F. The maximum absolute atomic E-state index is 12.6. The molecule has 2 nitrogen and oxygen atoms in total. The number of halogens is 4. The van der Waals surface area contributed by atoms with Gasteiger partial charge in [0.25, 0.3) is 0 Å². The summed E-state index contributed by atoms with van der Waals surface area (Å²) in [5.74, 6) is -3.11. The number of carbonyl (C=O) groups is 1. The zero-order chi connectivity index (χ0) is 10.6. The molecule has 0 N–H and O–H groups in total. The molecule has 0 aliphatic rings. The molecular weight excluding hydrogens is 192 g/mol. The van der Waals surface area contributed by atoms with Gasteiger partial charge in [0.15, 0.2) is 6.17 Å². The lowest BCUT2D eigenvalue weighted by Crippen LogP contribution is -2.27. The highest BCUT2D eigenvalue weighted by Crippen LogP contribution is 2.29. The van der Waals surface area contributed by atoms with E-state index in [1.165, 1.54) is 0 Å². The summed E-state index contributed by atoms with van der Waals surface area (Å²) in [6.07, 6.45) is -7.57. The summed E-state index contributed by atoms with van der Waals surface area (Å²) in [4.78, 5) is 10.4. The van der Waals surface area contributed by atoms with E-state index in [1.54, 1.807) is 0 Å². The molecule has 0 aliphatic heterocycles. The van der Waals surface area contributed by atoms with Gasteiger partial charge in [0.05, 0.1) is 13.0 Å². The number of rotatable bonds is 3. The largest absolute Gasteiger partial charge is 0.467 e. The first-order valence-electron chi connectivity index (χ1n) is 3.57. The molecule has 0 bridgehead atoms. The van der Waals surface area contributed by atoms with Gasteiger partial charge in [0.1, 0.15) is 0 Å². The van der Waals surface area contributed by atoms with Crippen LogP contribution in [0.4, 0.5) is 17.6 Å². The Morgan fingerprint density at radius 2 is 1.92 bits per heavy atom. The van der Waals surface area contributed by atoms with Gasteiger partial charge in [0.2, 0.25) is 0 Å². The first kappa shape index (κ1) is 12.2. The number of carbonyl (C=O) groups excluding carboxylic acids is 1. The zero-order valence-electron chi connectivity index (χ0n) is 7.19. The lowest BCUT2D eigenvalue weighted by atomic mass is 10.0. The van der Waals surface area contributed by atoms with Crippen molar-refractivity contribution in [3.8, 4) is 0 Å². The molecule has 78 valence electrons. The second-order valence-electron chi connectivity index (χ2n) is 2.67. The topological polar surface area (TPSA) is 26.3 Å². The summed E-state index contributed by atoms with van der Waals surface area (Å²) in [7, 11) is 0.924. The van der Waals surface area contributed by atoms with Crippen LogP contribution in [0.25, 0.3) is 0 Å². The summed E-state index contributed by atoms with van der Waals surface area (Å²) < 4.78 is 52.1. The van der Waals surface area contributed by atoms with E-state index in [-0.39, 0.29) is 0 Å². The third kappa shape index (κ3) is 4.10. The molecule has 0 rings (SSSR count). The number of methoxy groups -OCH3 is 1. The fourth-order valence-electron chi connectivity index (χ4n) is 0.668. The van der Waals surface area contributed by atoms with Crippen molar-refractivity contribution in [2.75, 3.05) is 7.11 Å². The van der Waals surface area contributed by atoms with Crippen LogP contribution in [-0.4, -0.2) is 25.4 Å². The first-order valence-corrected chi connectivity index (χ1v) is 3.57. The van der Waals surface area contributed by atoms with Crippen LogP contribution < -0.4 is 0 Å². The molecule has 0 radical (unpaired) electrons. The Balaban J connectivity index is 4.06. The Morgan fingerprint density at radius 1 is 1.46 bits per heavy atom. The van der Waals surface area contributed by atoms with E-state index >= 15 is 0 Å². The van der Waals surface area contributed by atoms with Gasteiger partial charge in [-0.25, -0.2) is 9.18 Å². The molecule has 0 spiro atoms. The van der Waals surface area contributed by atoms with Crippen molar-refractivity contribution in [3.05, 3.63) is 0 Å². The van der Waals surface area contributed by atoms with Crippen molar-refractivity contribution in [3.63, 3.8) is 0 Å². The van der Waals surface area contributed by atoms with E-state index in [0.717, 1.165) is 14.0 Å². The molecule has 0 saturated heterocycles. The average Bonchev–Trinajstić information content (AvgIpc) is 2.01. The summed E-state index contributed by atoms with van der Waals surface area (Å²) in [6, 6.07) is 0. The van der Waals surface area contributed by atoms with Crippen molar-refractivity contribution in [2.24, 2.45) is 5.92 Å². The number of ether oxygens (including phenoxy) is 1. The van der Waals surface area contributed by atoms with Gasteiger partial charge in [-0.3, -0.25) is 0 Å². The van der Waals surface area contributed by atoms with E-state index in [2.05, 4.69) is 4.74 Å². The summed E-state index contributed by atoms with van der Waals surface area (Å²) >= 11 is 0. The van der Waals surface area contributed by atoms with E-state index < -0.39 is 30.7 Å². The predicted molar refractivity (Wildman–Crippen MR) is 36.7 cm³/mol. The van der Waals surface area contributed by atoms with Crippen LogP contribution in [0, 0.1) is 5.92 Å². The van der Waals surface area contributed by atoms with E-state index in [1.807, 2.05) is 0 Å². The molecule has 0 aromatic carbocycles. The number of hydrogen-bond donors (Lipinski definition) is 0. The molecule has 13 heavy (non-hydrogen) atoms. The molecule has 0 aromatic heterocycles. The van der Waals surface area contributed by atoms with Gasteiger partial charge in [-0.2, -0.15) is 13.2 Å². The molecule has 6 heteroatoms. The van der Waals surface area contributed by atoms with Crippen molar-refractivity contribution in [1.82, 2.24) is 0 Å². The van der Waals surface area contributed by atoms with Crippen LogP contribution >= 0.6 is 0 Å². The molecule has 0 aliphatic carbocycles. The second-order valence-corrected chi connectivity index (χ2v) is 2.67. The van der Waals surface area contributed by atoms with Gasteiger partial charge in [-0.15, -0.1) is 0 Å². The first-order chi connectivity index (χ1) is 5.79. The fourth-order valence-corrected chi connectivity index (χ4v) is 0.668. The Morgan fingerprint density at radius 3 is 2.23 bits per heavy atom. The van der Waals surface area contributed by atoms with E-state index in [4.69, 9.17) is 0 Å². The van der Waals surface area contributed by atoms with Crippen LogP contribution in [0.3, 0.4) is 0 Å². The minimum absolute atomic E-state index is 0.815. The van der Waals surface area contributed by atoms with Gasteiger partial charge in [-0.05, 0) is 0 Å². The Hall–Kier alpha value is -0.810. The summed E-state index contributed by atoms with van der Waals surface area (Å²) in [5, 5.41) is 0. The minimum atomic E-state index is -4.47. The molecule has 0 aromatic rings. The Bertz CT molecular complexity index is 178. The van der Waals surface area contributed by atoms with Gasteiger partial charge >= 0.3 is 12.1 Å². The average molecular weight is 202 g/mol. The van der Waals surface area contributed by atoms with Crippen LogP contribution in [0.1, 0.15) is 13.3 Å². The van der Waals surface area contributed by atoms with Crippen LogP contribution in [0.2, 0.25) is 0 Å². The zero-order valence-corrected chi connectivity index (χ0v) is 7.19. The standard InChI is InChI=1S/C7H10F4O2/c1-4(7(9,10)11)3-5(8)6(12)13-2/h4-5H,3H2,1-2H3. The molecule has 0 heterocycles. The quantitative estimate of drug-likeness (QED) is 0.517. The second kappa shape index (κ2) is 4.43. The maximum Gasteiger partial charge on any atom is 0.391 e. The lowest BCUT2D eigenvalue weighted by Gasteiger charge is -2.16. The molecule has 2 unspecified atom stereocenters. The van der Waals surface area contributed by atoms with Gasteiger partial charge in [0, 0.05) is 6.42 Å². The smallest absolute Gasteiger partial charge is 0.391 e. The normalized spacial score (nSPS) is 16.5. The van der Waals surface area contributed by atoms with Crippen LogP contribution in [-0.2, 0) is 9.53 Å². The third-order valence-electron chi connectivity index (χ3n) is 1.58. The highest BCUT2D eigenvalue weighted by atomic mass is 19.4. The molecule has 0 fully saturated rings. The number of hydrogen-bond acceptors (Lipinski definition) is 2. The highest BCUT2D eigenvalue weighted by molar-refractivity contribution is 5.74. The van der Waals surface area contributed by atoms with Crippen molar-refractivity contribution < 1.29 is 27.1 Å². The van der Waals surface area contributed by atoms with Gasteiger partial charge < -0.3 is 4.74 Å². The minimum Gasteiger partial charge on any atom is -0.467 e. The Kier molecular flexibility index (Phi) is 4.16.